The Morgan fingerprint density at radius 2 is 1.79 bits per heavy atom. The highest BCUT2D eigenvalue weighted by Gasteiger charge is 2.30. The fourth-order valence-corrected chi connectivity index (χ4v) is 4.31. The van der Waals surface area contributed by atoms with Gasteiger partial charge in [-0.15, -0.1) is 0 Å². The Morgan fingerprint density at radius 1 is 1.07 bits per heavy atom. The van der Waals surface area contributed by atoms with Gasteiger partial charge in [-0.25, -0.2) is 4.39 Å². The molecule has 3 rings (SSSR count). The molecule has 2 aliphatic heterocycles. The van der Waals surface area contributed by atoms with E-state index in [-0.39, 0.29) is 23.4 Å². The molecule has 1 aromatic carbocycles. The maximum Gasteiger partial charge on any atom is 0.225 e. The normalized spacial score (nSPS) is 19.3. The maximum atomic E-state index is 14.2. The first kappa shape index (κ1) is 21.6. The predicted octanol–water partition coefficient (Wildman–Crippen LogP) is 2.94. The molecule has 2 saturated heterocycles. The van der Waals surface area contributed by atoms with E-state index in [1.54, 1.807) is 6.07 Å². The molecule has 1 aromatic rings. The number of hydrogen-bond acceptors (Lipinski definition) is 4. The summed E-state index contributed by atoms with van der Waals surface area (Å²) in [5.41, 5.74) is 0.993. The van der Waals surface area contributed by atoms with Crippen LogP contribution in [0.25, 0.3) is 0 Å². The number of nitrogens with zero attached hydrogens (tertiary/aromatic N) is 3. The van der Waals surface area contributed by atoms with Gasteiger partial charge < -0.3 is 15.1 Å². The van der Waals surface area contributed by atoms with Crippen molar-refractivity contribution in [3.8, 4) is 0 Å². The average Bonchev–Trinajstić information content (AvgIpc) is 2.95. The Kier molecular flexibility index (Phi) is 7.11. The van der Waals surface area contributed by atoms with E-state index in [9.17, 15) is 14.0 Å². The Bertz CT molecular complexity index is 732. The molecule has 0 saturated carbocycles. The summed E-state index contributed by atoms with van der Waals surface area (Å²) >= 11 is 0. The minimum atomic E-state index is -0.435. The second kappa shape index (κ2) is 9.57. The molecule has 0 radical (unpaired) electrons. The number of amides is 2. The van der Waals surface area contributed by atoms with Crippen LogP contribution < -0.4 is 10.2 Å². The van der Waals surface area contributed by atoms with Crippen LogP contribution in [0.5, 0.6) is 0 Å². The quantitative estimate of drug-likeness (QED) is 0.838. The van der Waals surface area contributed by atoms with Crippen molar-refractivity contribution < 1.29 is 14.0 Å². The highest BCUT2D eigenvalue weighted by Crippen LogP contribution is 2.28. The van der Waals surface area contributed by atoms with Gasteiger partial charge in [-0.3, -0.25) is 14.5 Å². The van der Waals surface area contributed by atoms with E-state index in [2.05, 4.69) is 29.0 Å². The summed E-state index contributed by atoms with van der Waals surface area (Å²) < 4.78 is 14.2. The van der Waals surface area contributed by atoms with Crippen molar-refractivity contribution in [2.24, 2.45) is 5.92 Å². The minimum Gasteiger partial charge on any atom is -0.371 e. The Morgan fingerprint density at radius 3 is 2.41 bits per heavy atom. The third-order valence-corrected chi connectivity index (χ3v) is 6.05. The largest absolute Gasteiger partial charge is 0.371 e. The first-order valence-electron chi connectivity index (χ1n) is 10.7. The number of rotatable bonds is 4. The zero-order valence-corrected chi connectivity index (χ0v) is 17.8. The summed E-state index contributed by atoms with van der Waals surface area (Å²) in [5, 5.41) is 2.49. The second-order valence-electron chi connectivity index (χ2n) is 8.42. The van der Waals surface area contributed by atoms with Gasteiger partial charge >= 0.3 is 0 Å². The number of halogens is 1. The number of carbonyl (C=O) groups excluding carboxylic acids is 2. The molecule has 0 bridgehead atoms. The molecule has 0 spiro atoms. The van der Waals surface area contributed by atoms with Crippen LogP contribution >= 0.6 is 0 Å². The predicted molar refractivity (Wildman–Crippen MR) is 114 cm³/mol. The molecule has 2 fully saturated rings. The van der Waals surface area contributed by atoms with Crippen LogP contribution in [0.2, 0.25) is 0 Å². The topological polar surface area (TPSA) is 55.9 Å². The van der Waals surface area contributed by atoms with E-state index in [4.69, 9.17) is 0 Å². The lowest BCUT2D eigenvalue weighted by molar-refractivity contribution is -0.136. The van der Waals surface area contributed by atoms with Crippen LogP contribution in [0.4, 0.5) is 15.8 Å². The van der Waals surface area contributed by atoms with Crippen molar-refractivity contribution in [2.75, 3.05) is 49.5 Å². The smallest absolute Gasteiger partial charge is 0.225 e. The van der Waals surface area contributed by atoms with Crippen LogP contribution in [0.1, 0.15) is 40.0 Å². The van der Waals surface area contributed by atoms with E-state index in [1.165, 1.54) is 13.0 Å². The molecule has 0 atom stereocenters. The van der Waals surface area contributed by atoms with E-state index >= 15 is 0 Å². The van der Waals surface area contributed by atoms with Gasteiger partial charge in [0.05, 0.1) is 5.69 Å². The molecule has 6 nitrogen and oxygen atoms in total. The molecule has 2 heterocycles. The maximum absolute atomic E-state index is 14.2. The van der Waals surface area contributed by atoms with Gasteiger partial charge in [0.25, 0.3) is 0 Å². The van der Waals surface area contributed by atoms with Gasteiger partial charge in [0.1, 0.15) is 5.82 Å². The zero-order chi connectivity index (χ0) is 21.0. The SMILES string of the molecule is CC(=O)Nc1ccc(N2CCC(C(=O)N3CCCN(C(C)C)CC3)CC2)cc1F. The lowest BCUT2D eigenvalue weighted by Crippen LogP contribution is -2.44. The number of carbonyl (C=O) groups is 2. The summed E-state index contributed by atoms with van der Waals surface area (Å²) in [6.45, 7) is 10.9. The lowest BCUT2D eigenvalue weighted by Gasteiger charge is -2.35. The fraction of sp³-hybridized carbons (Fsp3) is 0.636. The summed E-state index contributed by atoms with van der Waals surface area (Å²) in [4.78, 5) is 30.7. The summed E-state index contributed by atoms with van der Waals surface area (Å²) in [6.07, 6.45) is 2.61. The van der Waals surface area contributed by atoms with Crippen molar-refractivity contribution >= 4 is 23.2 Å². The molecular formula is C22H33FN4O2. The monoisotopic (exact) mass is 404 g/mol. The highest BCUT2D eigenvalue weighted by atomic mass is 19.1. The summed E-state index contributed by atoms with van der Waals surface area (Å²) in [5.74, 6) is -0.390. The molecule has 2 aliphatic rings. The fourth-order valence-electron chi connectivity index (χ4n) is 4.31. The van der Waals surface area contributed by atoms with Crippen LogP contribution in [0, 0.1) is 11.7 Å². The molecule has 0 aromatic heterocycles. The summed E-state index contributed by atoms with van der Waals surface area (Å²) in [6, 6.07) is 5.40. The molecule has 2 amide bonds. The first-order valence-corrected chi connectivity index (χ1v) is 10.7. The van der Waals surface area contributed by atoms with Crippen molar-refractivity contribution in [2.45, 2.75) is 46.1 Å². The standard InChI is InChI=1S/C22H33FN4O2/c1-16(2)25-9-4-10-27(14-13-25)22(29)18-7-11-26(12-8-18)19-5-6-21(20(23)15-19)24-17(3)28/h5-6,15-16,18H,4,7-14H2,1-3H3,(H,24,28). The number of nitrogens with one attached hydrogen (secondary N) is 1. The number of anilines is 2. The van der Waals surface area contributed by atoms with Crippen LogP contribution in [-0.4, -0.2) is 66.9 Å². The Hall–Kier alpha value is -2.15. The van der Waals surface area contributed by atoms with Gasteiger partial charge in [-0.2, -0.15) is 0 Å². The number of hydrogen-bond donors (Lipinski definition) is 1. The van der Waals surface area contributed by atoms with Gasteiger partial charge in [-0.05, 0) is 51.3 Å². The molecule has 1 N–H and O–H groups in total. The molecule has 160 valence electrons. The van der Waals surface area contributed by atoms with E-state index in [1.807, 2.05) is 11.0 Å². The Labute approximate surface area is 173 Å². The van der Waals surface area contributed by atoms with Gasteiger partial charge in [0.15, 0.2) is 0 Å². The molecule has 0 unspecified atom stereocenters. The molecular weight excluding hydrogens is 371 g/mol. The van der Waals surface area contributed by atoms with Crippen LogP contribution in [0.15, 0.2) is 18.2 Å². The third-order valence-electron chi connectivity index (χ3n) is 6.05. The van der Waals surface area contributed by atoms with Crippen LogP contribution in [0.3, 0.4) is 0 Å². The average molecular weight is 405 g/mol. The van der Waals surface area contributed by atoms with Crippen molar-refractivity contribution in [3.63, 3.8) is 0 Å². The minimum absolute atomic E-state index is 0.0559. The van der Waals surface area contributed by atoms with E-state index in [0.717, 1.165) is 64.2 Å². The van der Waals surface area contributed by atoms with Gasteiger partial charge in [0, 0.05) is 63.8 Å². The van der Waals surface area contributed by atoms with Crippen LogP contribution in [-0.2, 0) is 9.59 Å². The third kappa shape index (κ3) is 5.47. The Balaban J connectivity index is 1.54. The van der Waals surface area contributed by atoms with Gasteiger partial charge in [0.2, 0.25) is 11.8 Å². The van der Waals surface area contributed by atoms with Gasteiger partial charge in [-0.1, -0.05) is 0 Å². The van der Waals surface area contributed by atoms with Crippen molar-refractivity contribution in [1.29, 1.82) is 0 Å². The molecule has 29 heavy (non-hydrogen) atoms. The zero-order valence-electron chi connectivity index (χ0n) is 17.8. The highest BCUT2D eigenvalue weighted by molar-refractivity contribution is 5.89. The van der Waals surface area contributed by atoms with E-state index < -0.39 is 5.82 Å². The number of benzene rings is 1. The second-order valence-corrected chi connectivity index (χ2v) is 8.42. The number of piperidine rings is 1. The first-order chi connectivity index (χ1) is 13.8. The molecule has 7 heteroatoms. The van der Waals surface area contributed by atoms with Crippen molar-refractivity contribution in [3.05, 3.63) is 24.0 Å². The lowest BCUT2D eigenvalue weighted by atomic mass is 9.94. The molecule has 0 aliphatic carbocycles. The summed E-state index contributed by atoms with van der Waals surface area (Å²) in [7, 11) is 0. The van der Waals surface area contributed by atoms with Crippen molar-refractivity contribution in [1.82, 2.24) is 9.80 Å². The van der Waals surface area contributed by atoms with E-state index in [0.29, 0.717) is 6.04 Å².